The Labute approximate surface area is 574 Å². The van der Waals surface area contributed by atoms with Gasteiger partial charge < -0.3 is 58.9 Å². The van der Waals surface area contributed by atoms with Crippen molar-refractivity contribution in [2.24, 2.45) is 11.7 Å². The van der Waals surface area contributed by atoms with E-state index in [0.717, 1.165) is 22.3 Å². The second-order valence-corrected chi connectivity index (χ2v) is 38.2. The Morgan fingerprint density at radius 1 is 0.495 bits per heavy atom. The molecule has 0 aromatic heterocycles. The van der Waals surface area contributed by atoms with Crippen LogP contribution in [0.4, 0.5) is 9.59 Å². The lowest BCUT2D eigenvalue weighted by atomic mass is 9.94. The number of alkyl carbamates (subject to hydrolysis) is 2. The number of hydrogen-bond donors (Lipinski definition) is 3. The molecule has 516 valence electrons. The van der Waals surface area contributed by atoms with Crippen LogP contribution in [-0.2, 0) is 93.2 Å². The van der Waals surface area contributed by atoms with Crippen molar-refractivity contribution >= 4 is 52.4 Å². The molecule has 5 atom stereocenters. The molecule has 0 aliphatic carbocycles. The van der Waals surface area contributed by atoms with Crippen molar-refractivity contribution in [2.75, 3.05) is 13.7 Å². The number of benzene rings is 7. The second kappa shape index (κ2) is 35.2. The Morgan fingerprint density at radius 2 is 0.907 bits per heavy atom. The van der Waals surface area contributed by atoms with Crippen LogP contribution < -0.4 is 25.8 Å². The molecule has 7 aromatic rings. The number of nitrogens with zero attached hydrogens (tertiary/aromatic N) is 1. The highest BCUT2D eigenvalue weighted by atomic mass is 28.4. The lowest BCUT2D eigenvalue weighted by Gasteiger charge is -2.41. The van der Waals surface area contributed by atoms with Gasteiger partial charge in [-0.3, -0.25) is 9.59 Å². The molecule has 3 amide bonds. The second-order valence-electron chi connectivity index (χ2n) is 27.9. The molecule has 7 rings (SSSR count). The number of nitrogens with one attached hydrogen (secondary N) is 2. The molecule has 0 spiro atoms. The highest BCUT2D eigenvalue weighted by molar-refractivity contribution is 6.76. The lowest BCUT2D eigenvalue weighted by molar-refractivity contribution is -0.169. The molecule has 0 saturated heterocycles. The zero-order chi connectivity index (χ0) is 70.3. The van der Waals surface area contributed by atoms with Crippen LogP contribution >= 0.6 is 0 Å². The van der Waals surface area contributed by atoms with Gasteiger partial charge in [0.05, 0.1) is 12.7 Å². The van der Waals surface area contributed by atoms with Gasteiger partial charge in [0.25, 0.3) is 0 Å². The summed E-state index contributed by atoms with van der Waals surface area (Å²) in [5, 5.41) is 5.10. The van der Waals surface area contributed by atoms with E-state index in [9.17, 15) is 19.2 Å². The van der Waals surface area contributed by atoms with Gasteiger partial charge >= 0.3 is 30.1 Å². The largest absolute Gasteiger partial charge is 0.489 e. The molecule has 0 radical (unpaired) electrons. The summed E-state index contributed by atoms with van der Waals surface area (Å²) in [5.41, 5.74) is 12.1. The molecule has 0 aliphatic rings. The average molecular weight is 1360 g/mol. The van der Waals surface area contributed by atoms with Crippen LogP contribution in [0, 0.1) is 5.92 Å². The Hall–Kier alpha value is -9.09. The predicted molar refractivity (Wildman–Crippen MR) is 380 cm³/mol. The number of nitrogens with two attached hydrogens (primary N) is 1. The zero-order valence-electron chi connectivity index (χ0n) is 58.1. The van der Waals surface area contributed by atoms with E-state index >= 15 is 9.59 Å². The first-order valence-electron chi connectivity index (χ1n) is 32.8. The van der Waals surface area contributed by atoms with Gasteiger partial charge in [0, 0.05) is 28.0 Å². The summed E-state index contributed by atoms with van der Waals surface area (Å²) < 4.78 is 49.4. The van der Waals surface area contributed by atoms with Gasteiger partial charge in [-0.05, 0) is 126 Å². The first-order chi connectivity index (χ1) is 46.0. The molecule has 0 fully saturated rings. The minimum Gasteiger partial charge on any atom is -0.489 e. The van der Waals surface area contributed by atoms with Gasteiger partial charge in [0.2, 0.25) is 5.91 Å². The van der Waals surface area contributed by atoms with Gasteiger partial charge in [0.15, 0.2) is 8.32 Å². The van der Waals surface area contributed by atoms with E-state index in [1.54, 1.807) is 32.9 Å². The van der Waals surface area contributed by atoms with Gasteiger partial charge in [-0.2, -0.15) is 0 Å². The lowest BCUT2D eigenvalue weighted by Crippen LogP contribution is -2.57. The van der Waals surface area contributed by atoms with Gasteiger partial charge in [0.1, 0.15) is 74.3 Å². The van der Waals surface area contributed by atoms with Crippen molar-refractivity contribution in [2.45, 2.75) is 168 Å². The molecule has 7 aromatic carbocycles. The van der Waals surface area contributed by atoms with E-state index in [-0.39, 0.29) is 58.9 Å². The summed E-state index contributed by atoms with van der Waals surface area (Å²) >= 11 is 0. The van der Waals surface area contributed by atoms with Gasteiger partial charge in [-0.15, -0.1) is 0 Å². The maximum absolute atomic E-state index is 15.8. The summed E-state index contributed by atoms with van der Waals surface area (Å²) in [6, 6.07) is 55.7. The SMILES string of the molecule is CN(C(=O)[C@H](C[C@@H](O[Si](C)(C)C(C)(C)C)C(N)NC(=O)OCc1ccccc1)C(=O)OC(C)(C)C)[C@@H](Cc1cc(-c2ccc(OCc3ccccc3)c(C[C@H](NC(=O)OCc3ccccc3)C(=O)OCC[Si](C)(C)C)c2)ccc1OCc1ccccc1)C(=O)OCc1ccccc1. The first kappa shape index (κ1) is 75.3. The third kappa shape index (κ3) is 24.5. The third-order valence-electron chi connectivity index (χ3n) is 16.6. The van der Waals surface area contributed by atoms with Crippen LogP contribution in [0.1, 0.15) is 86.9 Å². The van der Waals surface area contributed by atoms with Gasteiger partial charge in [-0.1, -0.05) is 204 Å². The standard InChI is InChI=1S/C77H96N4O14Si2/c1-76(2,3)94-71(83)63(48-68(95-97(11,12)77(4,5)6)69(78)80-75(87)93-53-58-36-26-17-27-37-58)70(82)81(7)65(73(85)91-51-56-32-22-15-23-33-56)47-62-45-60(39-41-67(62)90-50-55-30-20-14-21-31-55)59-38-40-66(89-49-54-28-18-13-19-29-54)61(44-59)46-64(72(84)88-42-43-96(8,9)10)79-74(86)92-52-57-34-24-16-25-35-57/h13-41,44-45,63-65,68-69H,42-43,46-53,78H2,1-12H3,(H,79,86)(H,80,87)/t63-,64-,65-,68+,69?/m0/s1. The van der Waals surface area contributed by atoms with Crippen LogP contribution in [0.25, 0.3) is 11.1 Å². The first-order valence-corrected chi connectivity index (χ1v) is 39.5. The van der Waals surface area contributed by atoms with E-state index in [4.69, 9.17) is 43.3 Å². The number of hydrogen-bond acceptors (Lipinski definition) is 15. The highest BCUT2D eigenvalue weighted by Crippen LogP contribution is 2.39. The quantitative estimate of drug-likeness (QED) is 0.0117. The van der Waals surface area contributed by atoms with E-state index in [2.05, 4.69) is 30.3 Å². The predicted octanol–water partition coefficient (Wildman–Crippen LogP) is 14.3. The van der Waals surface area contributed by atoms with Crippen molar-refractivity contribution in [3.05, 3.63) is 227 Å². The van der Waals surface area contributed by atoms with Crippen molar-refractivity contribution in [1.29, 1.82) is 0 Å². The molecule has 1 unspecified atom stereocenters. The van der Waals surface area contributed by atoms with Crippen molar-refractivity contribution in [3.8, 4) is 22.6 Å². The average Bonchev–Trinajstić information content (AvgIpc) is 0.839. The van der Waals surface area contributed by atoms with Gasteiger partial charge in [-0.25, -0.2) is 19.2 Å². The molecule has 4 N–H and O–H groups in total. The third-order valence-corrected chi connectivity index (χ3v) is 22.8. The Bertz CT molecular complexity index is 3680. The monoisotopic (exact) mass is 1360 g/mol. The number of likely N-dealkylation sites (N-methyl/N-ethyl adjacent to an activating group) is 1. The minimum atomic E-state index is -2.83. The molecule has 0 heterocycles. The summed E-state index contributed by atoms with van der Waals surface area (Å²) in [5.74, 6) is -4.01. The molecule has 0 saturated carbocycles. The summed E-state index contributed by atoms with van der Waals surface area (Å²) in [6.07, 6.45) is -4.80. The van der Waals surface area contributed by atoms with Crippen molar-refractivity contribution < 1.29 is 66.4 Å². The Morgan fingerprint density at radius 3 is 1.33 bits per heavy atom. The van der Waals surface area contributed by atoms with E-state index in [1.807, 2.05) is 210 Å². The van der Waals surface area contributed by atoms with E-state index in [1.165, 1.54) is 11.9 Å². The Balaban J connectivity index is 1.31. The van der Waals surface area contributed by atoms with E-state index in [0.29, 0.717) is 45.4 Å². The van der Waals surface area contributed by atoms with E-state index < -0.39 is 93.3 Å². The summed E-state index contributed by atoms with van der Waals surface area (Å²) in [6.45, 7) is 21.9. The smallest absolute Gasteiger partial charge is 0.408 e. The summed E-state index contributed by atoms with van der Waals surface area (Å²) in [7, 11) is -3.04. The zero-order valence-corrected chi connectivity index (χ0v) is 60.1. The molecule has 0 aliphatic heterocycles. The number of ether oxygens (including phenoxy) is 7. The number of rotatable bonds is 32. The summed E-state index contributed by atoms with van der Waals surface area (Å²) in [4.78, 5) is 88.5. The topological polar surface area (TPSA) is 230 Å². The van der Waals surface area contributed by atoms with Crippen molar-refractivity contribution in [1.82, 2.24) is 15.5 Å². The number of esters is 3. The molecule has 0 bridgehead atoms. The van der Waals surface area contributed by atoms with Crippen molar-refractivity contribution in [3.63, 3.8) is 0 Å². The maximum Gasteiger partial charge on any atom is 0.408 e. The molecular formula is C77H96N4O14Si2. The van der Waals surface area contributed by atoms with Crippen LogP contribution in [0.3, 0.4) is 0 Å². The number of carbonyl (C=O) groups is 6. The molecule has 20 heteroatoms. The normalized spacial score (nSPS) is 13.3. The fraction of sp³-hybridized carbons (Fsp3) is 0.377. The van der Waals surface area contributed by atoms with Crippen LogP contribution in [-0.4, -0.2) is 101 Å². The van der Waals surface area contributed by atoms with Crippen LogP contribution in [0.2, 0.25) is 43.8 Å². The number of amides is 3. The minimum absolute atomic E-state index is 0.0346. The molecular weight excluding hydrogens is 1260 g/mol. The van der Waals surface area contributed by atoms with Crippen LogP contribution in [0.5, 0.6) is 11.5 Å². The molecule has 18 nitrogen and oxygen atoms in total. The molecule has 97 heavy (non-hydrogen) atoms. The fourth-order valence-electron chi connectivity index (χ4n) is 10.00. The van der Waals surface area contributed by atoms with Crippen LogP contribution in [0.15, 0.2) is 188 Å². The highest BCUT2D eigenvalue weighted by Gasteiger charge is 2.45. The number of carbonyl (C=O) groups excluding carboxylic acids is 6. The Kier molecular flexibility index (Phi) is 27.4. The maximum atomic E-state index is 15.8. The fourth-order valence-corrected chi connectivity index (χ4v) is 12.1.